The van der Waals surface area contributed by atoms with Crippen LogP contribution in [0.5, 0.6) is 0 Å². The minimum Gasteiger partial charge on any atom is -0.370 e. The van der Waals surface area contributed by atoms with E-state index in [0.717, 1.165) is 23.1 Å². The first-order chi connectivity index (χ1) is 24.1. The van der Waals surface area contributed by atoms with Crippen LogP contribution in [0.15, 0.2) is 69.6 Å². The number of rotatable bonds is 6. The Bertz CT molecular complexity index is 1670. The number of para-hydroxylation sites is 3. The summed E-state index contributed by atoms with van der Waals surface area (Å²) in [4.78, 5) is 46.1. The number of nitrogens with two attached hydrogens (primary N) is 3. The van der Waals surface area contributed by atoms with E-state index in [4.69, 9.17) is 52.0 Å². The van der Waals surface area contributed by atoms with Crippen molar-refractivity contribution in [3.8, 4) is 0 Å². The molecule has 0 spiro atoms. The Kier molecular flexibility index (Phi) is 19.9. The van der Waals surface area contributed by atoms with Gasteiger partial charge >= 0.3 is 18.1 Å². The number of aryl methyl sites for hydroxylation is 3. The molecule has 18 heteroatoms. The van der Waals surface area contributed by atoms with Gasteiger partial charge in [0.05, 0.1) is 32.1 Å². The molecule has 0 heterocycles. The average Bonchev–Trinajstić information content (AvgIpc) is 3.06. The number of guanidine groups is 3. The van der Waals surface area contributed by atoms with E-state index < -0.39 is 18.1 Å². The molecule has 3 rings (SSSR count). The largest absolute Gasteiger partial charge is 0.370 e. The first-order valence-corrected chi connectivity index (χ1v) is 16.6. The molecule has 15 nitrogen and oxygen atoms in total. The first kappa shape index (κ1) is 43.8. The molecule has 51 heavy (non-hydrogen) atoms. The molecular formula is C33H45Cl3N12O3. The third-order valence-corrected chi connectivity index (χ3v) is 7.13. The number of benzene rings is 3. The molecule has 0 aliphatic carbocycles. The van der Waals surface area contributed by atoms with Gasteiger partial charge in [-0.05, 0) is 69.0 Å². The predicted molar refractivity (Wildman–Crippen MR) is 212 cm³/mol. The van der Waals surface area contributed by atoms with Gasteiger partial charge in [-0.25, -0.2) is 14.4 Å². The standard InChI is InChI=1S/C12H17ClN4O.C11H15ClN4O.C10H13ClN4O/c1-3-7-15-11(14)17-12(18)16-10-8(2)5-4-6-9(10)13;1-3-14-10(13)16-11(17)15-9-7(2)5-4-6-8(9)12;1-6-4-3-5-7(11)8(6)14-10(16)15-9(12)13-2/h4-6H,3,7H2,1-2H3,(H4,14,15,16,17,18);4-6H,3H2,1-2H3,(H4,13,14,15,16,17);3-5H,1-2H3,(H4,12,13,14,15,16). The van der Waals surface area contributed by atoms with Gasteiger partial charge in [-0.15, -0.1) is 0 Å². The molecule has 0 bridgehead atoms. The minimum absolute atomic E-state index is 0.0437. The molecule has 0 saturated heterocycles. The number of anilines is 3. The van der Waals surface area contributed by atoms with E-state index in [9.17, 15) is 14.4 Å². The molecule has 0 unspecified atom stereocenters. The summed E-state index contributed by atoms with van der Waals surface area (Å²) in [5.41, 5.74) is 20.7. The zero-order valence-electron chi connectivity index (χ0n) is 29.2. The normalized spacial score (nSPS) is 11.1. The first-order valence-electron chi connectivity index (χ1n) is 15.4. The fraction of sp³-hybridized carbons (Fsp3) is 0.273. The summed E-state index contributed by atoms with van der Waals surface area (Å²) >= 11 is 17.9. The molecule has 3 aromatic carbocycles. The molecule has 6 amide bonds. The maximum absolute atomic E-state index is 11.6. The van der Waals surface area contributed by atoms with Gasteiger partial charge in [0.15, 0.2) is 17.9 Å². The van der Waals surface area contributed by atoms with Crippen LogP contribution in [-0.4, -0.2) is 56.1 Å². The Hall–Kier alpha value is -5.25. The van der Waals surface area contributed by atoms with E-state index in [2.05, 4.69) is 46.9 Å². The molecule has 0 saturated carbocycles. The Balaban J connectivity index is 0.000000383. The highest BCUT2D eigenvalue weighted by Crippen LogP contribution is 2.26. The summed E-state index contributed by atoms with van der Waals surface area (Å²) in [5, 5.41) is 16.5. The number of hydrogen-bond acceptors (Lipinski definition) is 6. The van der Waals surface area contributed by atoms with Gasteiger partial charge in [0.1, 0.15) is 0 Å². The molecule has 0 fully saturated rings. The van der Waals surface area contributed by atoms with Crippen LogP contribution in [-0.2, 0) is 0 Å². The molecular weight excluding hydrogens is 719 g/mol. The van der Waals surface area contributed by atoms with Crippen LogP contribution in [0.25, 0.3) is 0 Å². The number of carbonyl (C=O) groups is 3. The lowest BCUT2D eigenvalue weighted by molar-refractivity contribution is 0.255. The van der Waals surface area contributed by atoms with E-state index in [1.807, 2.05) is 71.0 Å². The second kappa shape index (κ2) is 23.2. The lowest BCUT2D eigenvalue weighted by atomic mass is 10.2. The van der Waals surface area contributed by atoms with Gasteiger partial charge in [0, 0.05) is 20.1 Å². The third kappa shape index (κ3) is 16.8. The van der Waals surface area contributed by atoms with Crippen molar-refractivity contribution < 1.29 is 14.4 Å². The zero-order chi connectivity index (χ0) is 38.5. The molecule has 276 valence electrons. The summed E-state index contributed by atoms with van der Waals surface area (Å²) in [5.74, 6) is 0.218. The topological polar surface area (TPSA) is 239 Å². The highest BCUT2D eigenvalue weighted by Gasteiger charge is 2.10. The van der Waals surface area contributed by atoms with Crippen molar-refractivity contribution in [3.05, 3.63) is 86.4 Å². The van der Waals surface area contributed by atoms with Crippen LogP contribution in [0, 0.1) is 20.8 Å². The van der Waals surface area contributed by atoms with Gasteiger partial charge in [0.25, 0.3) is 0 Å². The maximum Gasteiger partial charge on any atom is 0.326 e. The second-order valence-corrected chi connectivity index (χ2v) is 11.5. The van der Waals surface area contributed by atoms with Crippen molar-refractivity contribution >= 4 is 87.8 Å². The maximum atomic E-state index is 11.6. The molecule has 12 N–H and O–H groups in total. The van der Waals surface area contributed by atoms with Crippen LogP contribution < -0.4 is 49.1 Å². The van der Waals surface area contributed by atoms with Crippen LogP contribution in [0.4, 0.5) is 31.4 Å². The summed E-state index contributed by atoms with van der Waals surface area (Å²) in [6, 6.07) is 14.7. The molecule has 3 aromatic rings. The van der Waals surface area contributed by atoms with E-state index in [-0.39, 0.29) is 17.9 Å². The molecule has 0 aromatic heterocycles. The number of nitrogens with one attached hydrogen (secondary N) is 6. The van der Waals surface area contributed by atoms with E-state index >= 15 is 0 Å². The van der Waals surface area contributed by atoms with Crippen LogP contribution in [0.1, 0.15) is 37.0 Å². The summed E-state index contributed by atoms with van der Waals surface area (Å²) in [7, 11) is 1.48. The van der Waals surface area contributed by atoms with Crippen molar-refractivity contribution in [2.75, 3.05) is 36.1 Å². The fourth-order valence-corrected chi connectivity index (χ4v) is 4.50. The highest BCUT2D eigenvalue weighted by atomic mass is 35.5. The SMILES string of the molecule is CCCN=C(N)NC(=O)Nc1c(C)cccc1Cl.CCN=C(N)NC(=O)Nc1c(C)cccc1Cl.CN=C(N)NC(=O)Nc1c(C)cccc1Cl. The van der Waals surface area contributed by atoms with Gasteiger partial charge in [-0.3, -0.25) is 30.9 Å². The monoisotopic (exact) mass is 762 g/mol. The van der Waals surface area contributed by atoms with Crippen LogP contribution in [0.3, 0.4) is 0 Å². The van der Waals surface area contributed by atoms with Crippen molar-refractivity contribution in [2.45, 2.75) is 41.0 Å². The summed E-state index contributed by atoms with van der Waals surface area (Å²) in [6.45, 7) is 10.4. The van der Waals surface area contributed by atoms with E-state index in [0.29, 0.717) is 45.2 Å². The minimum atomic E-state index is -0.473. The van der Waals surface area contributed by atoms with Crippen molar-refractivity contribution in [1.82, 2.24) is 16.0 Å². The molecule has 0 aliphatic heterocycles. The van der Waals surface area contributed by atoms with Gasteiger partial charge < -0.3 is 33.2 Å². The zero-order valence-corrected chi connectivity index (χ0v) is 31.5. The molecule has 0 atom stereocenters. The lowest BCUT2D eigenvalue weighted by Gasteiger charge is -2.10. The van der Waals surface area contributed by atoms with Crippen molar-refractivity contribution in [1.29, 1.82) is 0 Å². The van der Waals surface area contributed by atoms with Crippen LogP contribution in [0.2, 0.25) is 15.1 Å². The summed E-state index contributed by atoms with van der Waals surface area (Å²) in [6.07, 6.45) is 0.869. The van der Waals surface area contributed by atoms with Gasteiger partial charge in [-0.1, -0.05) is 78.1 Å². The van der Waals surface area contributed by atoms with Gasteiger partial charge in [-0.2, -0.15) is 0 Å². The number of amides is 6. The number of halogens is 3. The Labute approximate surface area is 312 Å². The number of nitrogens with zero attached hydrogens (tertiary/aromatic N) is 3. The number of hydrogen-bond donors (Lipinski definition) is 9. The third-order valence-electron chi connectivity index (χ3n) is 6.18. The lowest BCUT2D eigenvalue weighted by Crippen LogP contribution is -2.39. The second-order valence-electron chi connectivity index (χ2n) is 10.3. The molecule has 0 aliphatic rings. The van der Waals surface area contributed by atoms with Crippen molar-refractivity contribution in [3.63, 3.8) is 0 Å². The number of urea groups is 3. The van der Waals surface area contributed by atoms with E-state index in [1.165, 1.54) is 7.05 Å². The number of aliphatic imine (C=N–C) groups is 3. The van der Waals surface area contributed by atoms with Crippen molar-refractivity contribution in [2.24, 2.45) is 32.2 Å². The average molecular weight is 764 g/mol. The predicted octanol–water partition coefficient (Wildman–Crippen LogP) is 6.31. The number of carbonyl (C=O) groups excluding carboxylic acids is 3. The van der Waals surface area contributed by atoms with E-state index in [1.54, 1.807) is 18.2 Å². The Morgan fingerprint density at radius 1 is 0.588 bits per heavy atom. The Morgan fingerprint density at radius 3 is 1.22 bits per heavy atom. The van der Waals surface area contributed by atoms with Crippen LogP contribution >= 0.6 is 34.8 Å². The quantitative estimate of drug-likeness (QED) is 0.103. The van der Waals surface area contributed by atoms with Gasteiger partial charge in [0.2, 0.25) is 0 Å². The molecule has 0 radical (unpaired) electrons. The Morgan fingerprint density at radius 2 is 0.922 bits per heavy atom. The fourth-order valence-electron chi connectivity index (χ4n) is 3.69. The summed E-state index contributed by atoms with van der Waals surface area (Å²) < 4.78 is 0. The highest BCUT2D eigenvalue weighted by molar-refractivity contribution is 6.34. The smallest absolute Gasteiger partial charge is 0.326 e.